The Kier molecular flexibility index (Phi) is 11.2. The molecule has 46 heavy (non-hydrogen) atoms. The van der Waals surface area contributed by atoms with Gasteiger partial charge < -0.3 is 4.74 Å². The third-order valence-electron chi connectivity index (χ3n) is 10.2. The molecule has 2 aliphatic carbocycles. The van der Waals surface area contributed by atoms with Crippen LogP contribution in [0.4, 0.5) is 26.3 Å². The van der Waals surface area contributed by atoms with Crippen LogP contribution in [0.2, 0.25) is 0 Å². The van der Waals surface area contributed by atoms with E-state index in [2.05, 4.69) is 6.92 Å². The third kappa shape index (κ3) is 7.16. The second kappa shape index (κ2) is 15.1. The van der Waals surface area contributed by atoms with Crippen LogP contribution in [-0.4, -0.2) is 5.97 Å². The van der Waals surface area contributed by atoms with Crippen LogP contribution < -0.4 is 4.74 Å². The molecule has 0 radical (unpaired) electrons. The van der Waals surface area contributed by atoms with Gasteiger partial charge in [-0.05, 0) is 122 Å². The van der Waals surface area contributed by atoms with E-state index < -0.39 is 52.5 Å². The minimum absolute atomic E-state index is 0.176. The molecule has 2 saturated carbocycles. The zero-order chi connectivity index (χ0) is 33.0. The maximum absolute atomic E-state index is 15.2. The van der Waals surface area contributed by atoms with Crippen LogP contribution in [0.25, 0.3) is 0 Å². The SMILES string of the molecule is CCCCCc1ccc(C2CCC(C(=O)Oc3ccc(C4CCC(c5ccc(CC)c(F)c5F)CC4)c(F)c3F)CC2)c(F)c1F. The summed E-state index contributed by atoms with van der Waals surface area (Å²) in [5.41, 5.74) is 1.52. The predicted molar refractivity (Wildman–Crippen MR) is 166 cm³/mol. The Hall–Kier alpha value is -3.29. The summed E-state index contributed by atoms with van der Waals surface area (Å²) < 4.78 is 94.3. The van der Waals surface area contributed by atoms with Crippen LogP contribution in [-0.2, 0) is 17.6 Å². The second-order valence-corrected chi connectivity index (χ2v) is 13.0. The van der Waals surface area contributed by atoms with Gasteiger partial charge in [-0.3, -0.25) is 4.79 Å². The summed E-state index contributed by atoms with van der Waals surface area (Å²) in [7, 11) is 0. The number of esters is 1. The van der Waals surface area contributed by atoms with Crippen molar-refractivity contribution < 1.29 is 35.9 Å². The molecule has 2 nitrogen and oxygen atoms in total. The summed E-state index contributed by atoms with van der Waals surface area (Å²) in [6.07, 6.45) is 7.22. The molecule has 0 saturated heterocycles. The van der Waals surface area contributed by atoms with Crippen molar-refractivity contribution in [2.24, 2.45) is 5.92 Å². The largest absolute Gasteiger partial charge is 0.423 e. The van der Waals surface area contributed by atoms with E-state index >= 15 is 8.78 Å². The van der Waals surface area contributed by atoms with Crippen molar-refractivity contribution in [3.8, 4) is 5.75 Å². The van der Waals surface area contributed by atoms with E-state index in [1.807, 2.05) is 0 Å². The number of rotatable bonds is 10. The predicted octanol–water partition coefficient (Wildman–Crippen LogP) is 11.1. The third-order valence-corrected chi connectivity index (χ3v) is 10.2. The van der Waals surface area contributed by atoms with Gasteiger partial charge in [0.1, 0.15) is 0 Å². The number of aryl methyl sites for hydroxylation is 2. The Morgan fingerprint density at radius 1 is 0.587 bits per heavy atom. The van der Waals surface area contributed by atoms with Crippen LogP contribution in [0.1, 0.15) is 130 Å². The zero-order valence-electron chi connectivity index (χ0n) is 26.6. The van der Waals surface area contributed by atoms with Gasteiger partial charge in [-0.15, -0.1) is 0 Å². The van der Waals surface area contributed by atoms with Gasteiger partial charge in [0.25, 0.3) is 0 Å². The lowest BCUT2D eigenvalue weighted by Gasteiger charge is -2.30. The molecule has 0 aliphatic heterocycles. The number of carbonyl (C=O) groups excluding carboxylic acids is 1. The zero-order valence-corrected chi connectivity index (χ0v) is 26.6. The molecule has 0 amide bonds. The molecule has 8 heteroatoms. The molecule has 3 aromatic carbocycles. The normalized spacial score (nSPS) is 21.7. The van der Waals surface area contributed by atoms with E-state index in [-0.39, 0.29) is 23.3 Å². The minimum atomic E-state index is -1.23. The average molecular weight is 645 g/mol. The maximum Gasteiger partial charge on any atom is 0.314 e. The number of unbranched alkanes of at least 4 members (excludes halogenated alkanes) is 2. The lowest BCUT2D eigenvalue weighted by molar-refractivity contribution is -0.140. The first-order valence-corrected chi connectivity index (χ1v) is 16.8. The first-order valence-electron chi connectivity index (χ1n) is 16.8. The number of ether oxygens (including phenoxy) is 1. The second-order valence-electron chi connectivity index (χ2n) is 13.0. The van der Waals surface area contributed by atoms with E-state index in [1.165, 1.54) is 12.1 Å². The number of hydrogen-bond donors (Lipinski definition) is 0. The van der Waals surface area contributed by atoms with Crippen molar-refractivity contribution in [3.05, 3.63) is 99.1 Å². The topological polar surface area (TPSA) is 26.3 Å². The fourth-order valence-corrected chi connectivity index (χ4v) is 7.36. The van der Waals surface area contributed by atoms with E-state index in [1.54, 1.807) is 31.2 Å². The Labute approximate surface area is 267 Å². The molecule has 0 unspecified atom stereocenters. The summed E-state index contributed by atoms with van der Waals surface area (Å²) in [5, 5.41) is 0. The van der Waals surface area contributed by atoms with Crippen molar-refractivity contribution >= 4 is 5.97 Å². The Bertz CT molecular complexity index is 1540. The van der Waals surface area contributed by atoms with E-state index in [9.17, 15) is 22.4 Å². The van der Waals surface area contributed by atoms with Crippen LogP contribution in [0.5, 0.6) is 5.75 Å². The molecule has 2 aliphatic rings. The van der Waals surface area contributed by atoms with Crippen molar-refractivity contribution in [2.75, 3.05) is 0 Å². The molecular formula is C38H42F6O2. The van der Waals surface area contributed by atoms with Gasteiger partial charge in [0, 0.05) is 0 Å². The Morgan fingerprint density at radius 3 is 1.57 bits per heavy atom. The number of halogens is 6. The first-order chi connectivity index (χ1) is 22.1. The van der Waals surface area contributed by atoms with E-state index in [4.69, 9.17) is 4.74 Å². The monoisotopic (exact) mass is 644 g/mol. The number of hydrogen-bond acceptors (Lipinski definition) is 2. The molecule has 5 rings (SSSR count). The standard InChI is InChI=1S/C38H42F6O2/c1-3-5-6-7-26-17-19-29(35(42)33(26)40)25-12-14-27(15-13-25)38(45)46-31-21-20-30(36(43)37(31)44)24-10-8-23(9-11-24)28-18-16-22(4-2)32(39)34(28)41/h16-21,23-25,27H,3-15H2,1-2H3. The van der Waals surface area contributed by atoms with Crippen LogP contribution in [0, 0.1) is 40.8 Å². The van der Waals surface area contributed by atoms with Crippen molar-refractivity contribution in [1.29, 1.82) is 0 Å². The summed E-state index contributed by atoms with van der Waals surface area (Å²) in [6, 6.07) is 9.24. The summed E-state index contributed by atoms with van der Waals surface area (Å²) in [4.78, 5) is 12.9. The molecule has 2 fully saturated rings. The van der Waals surface area contributed by atoms with Crippen molar-refractivity contribution in [3.63, 3.8) is 0 Å². The molecule has 0 heterocycles. The number of benzene rings is 3. The Morgan fingerprint density at radius 2 is 1.04 bits per heavy atom. The molecule has 0 aromatic heterocycles. The lowest BCUT2D eigenvalue weighted by Crippen LogP contribution is -2.26. The first kappa shape index (κ1) is 34.1. The van der Waals surface area contributed by atoms with Crippen molar-refractivity contribution in [2.45, 2.75) is 115 Å². The van der Waals surface area contributed by atoms with Crippen LogP contribution in [0.15, 0.2) is 36.4 Å². The maximum atomic E-state index is 15.2. The quantitative estimate of drug-likeness (QED) is 0.0950. The van der Waals surface area contributed by atoms with E-state index in [0.717, 1.165) is 19.3 Å². The average Bonchev–Trinajstić information content (AvgIpc) is 3.07. The molecule has 3 aromatic rings. The van der Waals surface area contributed by atoms with Gasteiger partial charge in [0.05, 0.1) is 5.92 Å². The van der Waals surface area contributed by atoms with Gasteiger partial charge in [-0.2, -0.15) is 4.39 Å². The van der Waals surface area contributed by atoms with Crippen LogP contribution >= 0.6 is 0 Å². The van der Waals surface area contributed by atoms with Gasteiger partial charge >= 0.3 is 5.97 Å². The highest BCUT2D eigenvalue weighted by Gasteiger charge is 2.33. The molecule has 0 atom stereocenters. The summed E-state index contributed by atoms with van der Waals surface area (Å²) in [6.45, 7) is 3.81. The van der Waals surface area contributed by atoms with Crippen molar-refractivity contribution in [1.82, 2.24) is 0 Å². The van der Waals surface area contributed by atoms with Gasteiger partial charge in [-0.1, -0.05) is 57.0 Å². The summed E-state index contributed by atoms with van der Waals surface area (Å²) >= 11 is 0. The van der Waals surface area contributed by atoms with Crippen LogP contribution in [0.3, 0.4) is 0 Å². The molecule has 248 valence electrons. The molecular weight excluding hydrogens is 602 g/mol. The molecule has 0 N–H and O–H groups in total. The highest BCUT2D eigenvalue weighted by atomic mass is 19.2. The van der Waals surface area contributed by atoms with Gasteiger partial charge in [0.2, 0.25) is 5.82 Å². The smallest absolute Gasteiger partial charge is 0.314 e. The highest BCUT2D eigenvalue weighted by molar-refractivity contribution is 5.75. The fraction of sp³-hybridized carbons (Fsp3) is 0.500. The molecule has 0 bridgehead atoms. The minimum Gasteiger partial charge on any atom is -0.423 e. The lowest BCUT2D eigenvalue weighted by atomic mass is 9.75. The Balaban J connectivity index is 1.16. The highest BCUT2D eigenvalue weighted by Crippen LogP contribution is 2.44. The van der Waals surface area contributed by atoms with E-state index in [0.29, 0.717) is 86.5 Å². The fourth-order valence-electron chi connectivity index (χ4n) is 7.36. The number of carbonyl (C=O) groups is 1. The van der Waals surface area contributed by atoms with Gasteiger partial charge in [-0.25, -0.2) is 22.0 Å². The van der Waals surface area contributed by atoms with Gasteiger partial charge in [0.15, 0.2) is 34.8 Å². The summed E-state index contributed by atoms with van der Waals surface area (Å²) in [5.74, 6) is -8.03. The molecule has 0 spiro atoms.